The zero-order valence-corrected chi connectivity index (χ0v) is 17.6. The van der Waals surface area contributed by atoms with Crippen molar-refractivity contribution in [2.24, 2.45) is 0 Å². The molecule has 3 rings (SSSR count). The number of nitrogens with one attached hydrogen (secondary N) is 1. The third kappa shape index (κ3) is 4.75. The molecule has 2 aromatic carbocycles. The lowest BCUT2D eigenvalue weighted by atomic mass is 9.68. The summed E-state index contributed by atoms with van der Waals surface area (Å²) in [6.07, 6.45) is 4.90. The summed E-state index contributed by atoms with van der Waals surface area (Å²) in [6, 6.07) is 14.2. The smallest absolute Gasteiger partial charge is 0.328 e. The number of hydrogen-bond donors (Lipinski definition) is 2. The molecule has 0 bridgehead atoms. The number of methoxy groups -OCH3 is 2. The molecule has 1 saturated carbocycles. The third-order valence-corrected chi connectivity index (χ3v) is 5.99. The van der Waals surface area contributed by atoms with Crippen molar-refractivity contribution >= 4 is 17.6 Å². The van der Waals surface area contributed by atoms with Crippen LogP contribution in [-0.4, -0.2) is 32.1 Å². The fourth-order valence-electron chi connectivity index (χ4n) is 4.23. The van der Waals surface area contributed by atoms with Crippen molar-refractivity contribution in [2.75, 3.05) is 20.0 Å². The SMILES string of the molecule is COC(=O)[C@H](Cc1ccc(N)cc1)NC(=O)C1(c2ccc(OC)cc2)CCCCC1. The second kappa shape index (κ2) is 9.65. The number of carbonyl (C=O) groups excluding carboxylic acids is 2. The molecule has 1 amide bonds. The average Bonchev–Trinajstić information content (AvgIpc) is 2.80. The van der Waals surface area contributed by atoms with Gasteiger partial charge in [-0.25, -0.2) is 4.79 Å². The predicted octanol–water partition coefficient (Wildman–Crippen LogP) is 3.38. The van der Waals surface area contributed by atoms with E-state index in [1.807, 2.05) is 36.4 Å². The topological polar surface area (TPSA) is 90.6 Å². The second-order valence-corrected chi connectivity index (χ2v) is 7.87. The van der Waals surface area contributed by atoms with Gasteiger partial charge >= 0.3 is 5.97 Å². The van der Waals surface area contributed by atoms with Crippen LogP contribution in [0, 0.1) is 0 Å². The lowest BCUT2D eigenvalue weighted by Gasteiger charge is -2.37. The number of nitrogens with two attached hydrogens (primary N) is 1. The highest BCUT2D eigenvalue weighted by Gasteiger charge is 2.42. The lowest BCUT2D eigenvalue weighted by molar-refractivity contribution is -0.146. The van der Waals surface area contributed by atoms with E-state index in [2.05, 4.69) is 5.32 Å². The molecule has 3 N–H and O–H groups in total. The summed E-state index contributed by atoms with van der Waals surface area (Å²) in [5.41, 5.74) is 7.61. The van der Waals surface area contributed by atoms with E-state index in [0.29, 0.717) is 12.1 Å². The molecule has 0 saturated heterocycles. The van der Waals surface area contributed by atoms with Crippen molar-refractivity contribution in [3.05, 3.63) is 59.7 Å². The summed E-state index contributed by atoms with van der Waals surface area (Å²) in [5, 5.41) is 2.99. The number of ether oxygens (including phenoxy) is 2. The van der Waals surface area contributed by atoms with Crippen molar-refractivity contribution < 1.29 is 19.1 Å². The van der Waals surface area contributed by atoms with Crippen molar-refractivity contribution in [1.29, 1.82) is 0 Å². The van der Waals surface area contributed by atoms with Crippen LogP contribution in [0.1, 0.15) is 43.2 Å². The highest BCUT2D eigenvalue weighted by atomic mass is 16.5. The lowest BCUT2D eigenvalue weighted by Crippen LogP contribution is -2.52. The molecule has 1 aliphatic carbocycles. The van der Waals surface area contributed by atoms with Gasteiger partial charge in [0.25, 0.3) is 0 Å². The monoisotopic (exact) mass is 410 g/mol. The van der Waals surface area contributed by atoms with Crippen LogP contribution in [0.2, 0.25) is 0 Å². The Morgan fingerprint density at radius 3 is 2.20 bits per heavy atom. The standard InChI is InChI=1S/C24H30N2O4/c1-29-20-12-8-18(9-13-20)24(14-4-3-5-15-24)23(28)26-21(22(27)30-2)16-17-6-10-19(25)11-7-17/h6-13,21H,3-5,14-16,25H2,1-2H3,(H,26,28)/t21-/m0/s1. The van der Waals surface area contributed by atoms with Crippen molar-refractivity contribution in [1.82, 2.24) is 5.32 Å². The molecule has 0 heterocycles. The minimum absolute atomic E-state index is 0.127. The maximum atomic E-state index is 13.6. The minimum Gasteiger partial charge on any atom is -0.497 e. The maximum Gasteiger partial charge on any atom is 0.328 e. The van der Waals surface area contributed by atoms with E-state index in [4.69, 9.17) is 15.2 Å². The van der Waals surface area contributed by atoms with Gasteiger partial charge in [0.2, 0.25) is 5.91 Å². The van der Waals surface area contributed by atoms with Crippen LogP contribution in [0.3, 0.4) is 0 Å². The van der Waals surface area contributed by atoms with E-state index in [0.717, 1.165) is 49.0 Å². The fraction of sp³-hybridized carbons (Fsp3) is 0.417. The molecule has 0 aliphatic heterocycles. The van der Waals surface area contributed by atoms with Gasteiger partial charge in [-0.15, -0.1) is 0 Å². The number of carbonyl (C=O) groups is 2. The van der Waals surface area contributed by atoms with Crippen LogP contribution in [0.25, 0.3) is 0 Å². The predicted molar refractivity (Wildman–Crippen MR) is 116 cm³/mol. The number of rotatable bonds is 7. The zero-order chi connectivity index (χ0) is 21.6. The Balaban J connectivity index is 1.86. The first-order valence-corrected chi connectivity index (χ1v) is 10.4. The molecular weight excluding hydrogens is 380 g/mol. The van der Waals surface area contributed by atoms with Crippen LogP contribution >= 0.6 is 0 Å². The summed E-state index contributed by atoms with van der Waals surface area (Å²) in [6.45, 7) is 0. The van der Waals surface area contributed by atoms with Gasteiger partial charge in [0.15, 0.2) is 0 Å². The van der Waals surface area contributed by atoms with Gasteiger partial charge in [0.05, 0.1) is 19.6 Å². The van der Waals surface area contributed by atoms with Gasteiger partial charge in [-0.1, -0.05) is 43.5 Å². The van der Waals surface area contributed by atoms with Crippen LogP contribution in [0.15, 0.2) is 48.5 Å². The first kappa shape index (κ1) is 21.7. The van der Waals surface area contributed by atoms with E-state index < -0.39 is 17.4 Å². The van der Waals surface area contributed by atoms with E-state index >= 15 is 0 Å². The normalized spacial score (nSPS) is 16.3. The first-order valence-electron chi connectivity index (χ1n) is 10.4. The summed E-state index contributed by atoms with van der Waals surface area (Å²) >= 11 is 0. The molecule has 6 nitrogen and oxygen atoms in total. The summed E-state index contributed by atoms with van der Waals surface area (Å²) in [5.74, 6) is 0.167. The highest BCUT2D eigenvalue weighted by molar-refractivity contribution is 5.92. The number of hydrogen-bond acceptors (Lipinski definition) is 5. The van der Waals surface area contributed by atoms with Crippen LogP contribution in [-0.2, 0) is 26.2 Å². The fourth-order valence-corrected chi connectivity index (χ4v) is 4.23. The van der Waals surface area contributed by atoms with Crippen LogP contribution in [0.4, 0.5) is 5.69 Å². The highest BCUT2D eigenvalue weighted by Crippen LogP contribution is 2.40. The van der Waals surface area contributed by atoms with E-state index in [9.17, 15) is 9.59 Å². The number of amides is 1. The molecule has 1 atom stereocenters. The molecule has 2 aromatic rings. The molecule has 0 aromatic heterocycles. The number of nitrogen functional groups attached to an aromatic ring is 1. The number of esters is 1. The Labute approximate surface area is 177 Å². The Kier molecular flexibility index (Phi) is 6.98. The van der Waals surface area contributed by atoms with Gasteiger partial charge in [0.1, 0.15) is 11.8 Å². The van der Waals surface area contributed by atoms with E-state index in [1.54, 1.807) is 19.2 Å². The first-order chi connectivity index (χ1) is 14.5. The molecule has 0 unspecified atom stereocenters. The Morgan fingerprint density at radius 1 is 1.00 bits per heavy atom. The van der Waals surface area contributed by atoms with Crippen molar-refractivity contribution in [3.8, 4) is 5.75 Å². The Bertz CT molecular complexity index is 856. The molecule has 30 heavy (non-hydrogen) atoms. The third-order valence-electron chi connectivity index (χ3n) is 5.99. The maximum absolute atomic E-state index is 13.6. The molecule has 1 fully saturated rings. The van der Waals surface area contributed by atoms with Gasteiger partial charge in [-0.2, -0.15) is 0 Å². The molecule has 160 valence electrons. The van der Waals surface area contributed by atoms with E-state index in [-0.39, 0.29) is 5.91 Å². The molecule has 6 heteroatoms. The van der Waals surface area contributed by atoms with Gasteiger partial charge in [0, 0.05) is 12.1 Å². The summed E-state index contributed by atoms with van der Waals surface area (Å²) in [7, 11) is 2.96. The van der Waals surface area contributed by atoms with Crippen LogP contribution < -0.4 is 15.8 Å². The van der Waals surface area contributed by atoms with Crippen molar-refractivity contribution in [3.63, 3.8) is 0 Å². The number of benzene rings is 2. The van der Waals surface area contributed by atoms with E-state index in [1.165, 1.54) is 7.11 Å². The van der Waals surface area contributed by atoms with Crippen LogP contribution in [0.5, 0.6) is 5.75 Å². The zero-order valence-electron chi connectivity index (χ0n) is 17.6. The molecular formula is C24H30N2O4. The Hall–Kier alpha value is -3.02. The molecule has 0 spiro atoms. The summed E-state index contributed by atoms with van der Waals surface area (Å²) < 4.78 is 10.2. The average molecular weight is 411 g/mol. The van der Waals surface area contributed by atoms with Gasteiger partial charge < -0.3 is 20.5 Å². The van der Waals surface area contributed by atoms with Gasteiger partial charge in [-0.3, -0.25) is 4.79 Å². The van der Waals surface area contributed by atoms with Gasteiger partial charge in [-0.05, 0) is 48.2 Å². The molecule has 0 radical (unpaired) electrons. The largest absolute Gasteiger partial charge is 0.497 e. The number of anilines is 1. The summed E-state index contributed by atoms with van der Waals surface area (Å²) in [4.78, 5) is 26.0. The second-order valence-electron chi connectivity index (χ2n) is 7.87. The Morgan fingerprint density at radius 2 is 1.63 bits per heavy atom. The quantitative estimate of drug-likeness (QED) is 0.539. The van der Waals surface area contributed by atoms with Crippen molar-refractivity contribution in [2.45, 2.75) is 50.0 Å². The molecule has 1 aliphatic rings. The minimum atomic E-state index is -0.761.